The smallest absolute Gasteiger partial charge is 0.254 e. The third kappa shape index (κ3) is 5.81. The molecule has 2 amide bonds. The standard InChI is InChI=1S/C24H31N3O3/c1-24(2,3)20-6-8-21(9-7-20)30-18-4-5-22(28)26-14-16-27(17-15-26)23(29)19-10-12-25-13-11-19/h6-13H,4-5,14-18H2,1-3H3. The molecule has 1 saturated heterocycles. The minimum Gasteiger partial charge on any atom is -0.494 e. The molecule has 3 rings (SSSR count). The number of nitrogens with zero attached hydrogens (tertiary/aromatic N) is 3. The SMILES string of the molecule is CC(C)(C)c1ccc(OCCCC(=O)N2CCN(C(=O)c3ccncc3)CC2)cc1. The van der Waals surface area contributed by atoms with Gasteiger partial charge >= 0.3 is 0 Å². The number of carbonyl (C=O) groups is 2. The van der Waals surface area contributed by atoms with Crippen molar-refractivity contribution in [3.05, 3.63) is 59.9 Å². The van der Waals surface area contributed by atoms with Crippen molar-refractivity contribution in [2.24, 2.45) is 0 Å². The minimum atomic E-state index is -0.00428. The van der Waals surface area contributed by atoms with Crippen LogP contribution in [0.2, 0.25) is 0 Å². The lowest BCUT2D eigenvalue weighted by Crippen LogP contribution is -2.50. The molecule has 6 nitrogen and oxygen atoms in total. The zero-order valence-electron chi connectivity index (χ0n) is 18.1. The summed E-state index contributed by atoms with van der Waals surface area (Å²) in [4.78, 5) is 32.5. The summed E-state index contributed by atoms with van der Waals surface area (Å²) in [5.41, 5.74) is 2.03. The number of carbonyl (C=O) groups excluding carboxylic acids is 2. The predicted octanol–water partition coefficient (Wildman–Crippen LogP) is 3.52. The van der Waals surface area contributed by atoms with Gasteiger partial charge < -0.3 is 14.5 Å². The van der Waals surface area contributed by atoms with Crippen molar-refractivity contribution in [3.8, 4) is 5.75 Å². The number of amides is 2. The van der Waals surface area contributed by atoms with E-state index in [0.29, 0.717) is 51.2 Å². The van der Waals surface area contributed by atoms with Gasteiger partial charge in [0.05, 0.1) is 6.61 Å². The van der Waals surface area contributed by atoms with Crippen molar-refractivity contribution in [3.63, 3.8) is 0 Å². The molecule has 6 heteroatoms. The van der Waals surface area contributed by atoms with Gasteiger partial charge in [-0.3, -0.25) is 14.6 Å². The number of benzene rings is 1. The molecule has 160 valence electrons. The molecule has 30 heavy (non-hydrogen) atoms. The molecule has 0 spiro atoms. The first-order valence-corrected chi connectivity index (χ1v) is 10.5. The van der Waals surface area contributed by atoms with Crippen LogP contribution in [0.25, 0.3) is 0 Å². The lowest BCUT2D eigenvalue weighted by molar-refractivity contribution is -0.132. The lowest BCUT2D eigenvalue weighted by atomic mass is 9.87. The zero-order chi connectivity index (χ0) is 21.6. The van der Waals surface area contributed by atoms with Crippen LogP contribution in [0.1, 0.15) is 49.5 Å². The summed E-state index contributed by atoms with van der Waals surface area (Å²) >= 11 is 0. The Hall–Kier alpha value is -2.89. The van der Waals surface area contributed by atoms with Gasteiger partial charge in [0.2, 0.25) is 5.91 Å². The Balaban J connectivity index is 1.36. The van der Waals surface area contributed by atoms with Gasteiger partial charge in [0.25, 0.3) is 5.91 Å². The largest absolute Gasteiger partial charge is 0.494 e. The zero-order valence-corrected chi connectivity index (χ0v) is 18.1. The van der Waals surface area contributed by atoms with Gasteiger partial charge in [0.1, 0.15) is 5.75 Å². The molecular weight excluding hydrogens is 378 g/mol. The molecule has 0 unspecified atom stereocenters. The fourth-order valence-electron chi connectivity index (χ4n) is 3.46. The van der Waals surface area contributed by atoms with Crippen LogP contribution in [0, 0.1) is 0 Å². The maximum absolute atomic E-state index is 12.5. The van der Waals surface area contributed by atoms with Gasteiger partial charge in [0, 0.05) is 50.6 Å². The highest BCUT2D eigenvalue weighted by Gasteiger charge is 2.24. The van der Waals surface area contributed by atoms with E-state index in [1.165, 1.54) is 5.56 Å². The van der Waals surface area contributed by atoms with Crippen molar-refractivity contribution >= 4 is 11.8 Å². The minimum absolute atomic E-state index is 0.00428. The molecule has 0 radical (unpaired) electrons. The lowest BCUT2D eigenvalue weighted by Gasteiger charge is -2.34. The number of rotatable bonds is 6. The quantitative estimate of drug-likeness (QED) is 0.685. The summed E-state index contributed by atoms with van der Waals surface area (Å²) in [5, 5.41) is 0. The van der Waals surface area contributed by atoms with Gasteiger partial charge in [0.15, 0.2) is 0 Å². The highest BCUT2D eigenvalue weighted by Crippen LogP contribution is 2.24. The summed E-state index contributed by atoms with van der Waals surface area (Å²) in [6.07, 6.45) is 4.37. The van der Waals surface area contributed by atoms with E-state index >= 15 is 0 Å². The van der Waals surface area contributed by atoms with Gasteiger partial charge in [-0.25, -0.2) is 0 Å². The number of piperazine rings is 1. The molecule has 1 aromatic carbocycles. The highest BCUT2D eigenvalue weighted by atomic mass is 16.5. The molecule has 0 N–H and O–H groups in total. The number of aromatic nitrogens is 1. The van der Waals surface area contributed by atoms with Crippen LogP contribution in [0.4, 0.5) is 0 Å². The van der Waals surface area contributed by atoms with E-state index in [9.17, 15) is 9.59 Å². The van der Waals surface area contributed by atoms with Crippen molar-refractivity contribution in [2.45, 2.75) is 39.0 Å². The van der Waals surface area contributed by atoms with Crippen molar-refractivity contribution in [1.29, 1.82) is 0 Å². The average Bonchev–Trinajstić information content (AvgIpc) is 2.76. The van der Waals surface area contributed by atoms with Crippen LogP contribution in [0.5, 0.6) is 5.75 Å². The molecule has 0 atom stereocenters. The molecular formula is C24H31N3O3. The van der Waals surface area contributed by atoms with Gasteiger partial charge in [-0.2, -0.15) is 0 Å². The van der Waals surface area contributed by atoms with E-state index in [4.69, 9.17) is 4.74 Å². The first kappa shape index (κ1) is 21.8. The maximum atomic E-state index is 12.5. The van der Waals surface area contributed by atoms with Crippen molar-refractivity contribution in [1.82, 2.24) is 14.8 Å². The molecule has 2 heterocycles. The van der Waals surface area contributed by atoms with E-state index in [1.807, 2.05) is 17.0 Å². The molecule has 0 aliphatic carbocycles. The second-order valence-electron chi connectivity index (χ2n) is 8.64. The molecule has 1 aliphatic heterocycles. The summed E-state index contributed by atoms with van der Waals surface area (Å²) in [7, 11) is 0. The number of ether oxygens (including phenoxy) is 1. The fraction of sp³-hybridized carbons (Fsp3) is 0.458. The summed E-state index contributed by atoms with van der Waals surface area (Å²) in [6.45, 7) is 9.33. The molecule has 1 fully saturated rings. The van der Waals surface area contributed by atoms with E-state index in [-0.39, 0.29) is 17.2 Å². The normalized spacial score (nSPS) is 14.5. The highest BCUT2D eigenvalue weighted by molar-refractivity contribution is 5.94. The van der Waals surface area contributed by atoms with E-state index < -0.39 is 0 Å². The van der Waals surface area contributed by atoms with E-state index in [0.717, 1.165) is 5.75 Å². The second-order valence-corrected chi connectivity index (χ2v) is 8.64. The Labute approximate surface area is 178 Å². The molecule has 1 aromatic heterocycles. The molecule has 2 aromatic rings. The topological polar surface area (TPSA) is 62.7 Å². The Morgan fingerprint density at radius 3 is 2.13 bits per heavy atom. The van der Waals surface area contributed by atoms with Crippen LogP contribution >= 0.6 is 0 Å². The molecule has 0 saturated carbocycles. The van der Waals surface area contributed by atoms with Crippen LogP contribution in [0.15, 0.2) is 48.8 Å². The van der Waals surface area contributed by atoms with Crippen LogP contribution in [-0.4, -0.2) is 59.4 Å². The van der Waals surface area contributed by atoms with Crippen LogP contribution in [-0.2, 0) is 10.2 Å². The van der Waals surface area contributed by atoms with Crippen LogP contribution in [0.3, 0.4) is 0 Å². The average molecular weight is 410 g/mol. The van der Waals surface area contributed by atoms with Gasteiger partial charge in [-0.05, 0) is 41.7 Å². The Bertz CT molecular complexity index is 836. The van der Waals surface area contributed by atoms with E-state index in [1.54, 1.807) is 29.4 Å². The number of hydrogen-bond acceptors (Lipinski definition) is 4. The predicted molar refractivity (Wildman–Crippen MR) is 117 cm³/mol. The second kappa shape index (κ2) is 9.74. The first-order valence-electron chi connectivity index (χ1n) is 10.5. The third-order valence-electron chi connectivity index (χ3n) is 5.37. The summed E-state index contributed by atoms with van der Waals surface area (Å²) in [6, 6.07) is 11.6. The Kier molecular flexibility index (Phi) is 7.08. The maximum Gasteiger partial charge on any atom is 0.254 e. The van der Waals surface area contributed by atoms with E-state index in [2.05, 4.69) is 37.9 Å². The Morgan fingerprint density at radius 1 is 0.933 bits per heavy atom. The van der Waals surface area contributed by atoms with Crippen molar-refractivity contribution in [2.75, 3.05) is 32.8 Å². The first-order chi connectivity index (χ1) is 14.3. The number of hydrogen-bond donors (Lipinski definition) is 0. The molecule has 0 bridgehead atoms. The van der Waals surface area contributed by atoms with Gasteiger partial charge in [-0.15, -0.1) is 0 Å². The van der Waals surface area contributed by atoms with Crippen molar-refractivity contribution < 1.29 is 14.3 Å². The fourth-order valence-corrected chi connectivity index (χ4v) is 3.46. The summed E-state index contributed by atoms with van der Waals surface area (Å²) < 4.78 is 5.78. The van der Waals surface area contributed by atoms with Crippen LogP contribution < -0.4 is 4.74 Å². The number of pyridine rings is 1. The summed E-state index contributed by atoms with van der Waals surface area (Å²) in [5.74, 6) is 0.951. The molecule has 1 aliphatic rings. The third-order valence-corrected chi connectivity index (χ3v) is 5.37. The monoisotopic (exact) mass is 409 g/mol. The van der Waals surface area contributed by atoms with Gasteiger partial charge in [-0.1, -0.05) is 32.9 Å². The Morgan fingerprint density at radius 2 is 1.53 bits per heavy atom.